The number of hydrogen-bond acceptors (Lipinski definition) is 5. The Morgan fingerprint density at radius 2 is 2.07 bits per heavy atom. The maximum absolute atomic E-state index is 12.8. The number of carbonyl (C=O) groups is 2. The number of nitrogens with two attached hydrogens (primary N) is 1. The summed E-state index contributed by atoms with van der Waals surface area (Å²) < 4.78 is 13.5. The largest absolute Gasteiger partial charge is 0.490 e. The van der Waals surface area contributed by atoms with E-state index < -0.39 is 11.5 Å². The molecular weight excluding hydrogens is 408 g/mol. The second kappa shape index (κ2) is 9.49. The number of benzene rings is 1. The number of morpholine rings is 1. The van der Waals surface area contributed by atoms with Gasteiger partial charge in [-0.15, -0.1) is 0 Å². The Labute approximate surface area is 180 Å². The average molecular weight is 435 g/mol. The van der Waals surface area contributed by atoms with Gasteiger partial charge in [-0.2, -0.15) is 5.10 Å². The van der Waals surface area contributed by atoms with Gasteiger partial charge in [-0.25, -0.2) is 0 Å². The summed E-state index contributed by atoms with van der Waals surface area (Å²) in [6, 6.07) is 6.91. The van der Waals surface area contributed by atoms with E-state index >= 15 is 0 Å². The Kier molecular flexibility index (Phi) is 6.99. The van der Waals surface area contributed by atoms with Gasteiger partial charge in [0, 0.05) is 31.2 Å². The molecule has 0 aliphatic carbocycles. The fraction of sp³-hybridized carbons (Fsp3) is 0.476. The molecule has 1 aliphatic heterocycles. The highest BCUT2D eigenvalue weighted by molar-refractivity contribution is 6.30. The number of nitrogens with zero attached hydrogens (tertiary/aromatic N) is 3. The van der Waals surface area contributed by atoms with Gasteiger partial charge in [0.1, 0.15) is 18.0 Å². The molecule has 30 heavy (non-hydrogen) atoms. The Balaban J connectivity index is 1.64. The molecule has 1 aliphatic rings. The van der Waals surface area contributed by atoms with Gasteiger partial charge in [0.25, 0.3) is 0 Å². The van der Waals surface area contributed by atoms with Crippen molar-refractivity contribution < 1.29 is 19.1 Å². The van der Waals surface area contributed by atoms with Crippen LogP contribution >= 0.6 is 11.6 Å². The van der Waals surface area contributed by atoms with Crippen molar-refractivity contribution in [2.45, 2.75) is 31.8 Å². The summed E-state index contributed by atoms with van der Waals surface area (Å²) in [7, 11) is 1.86. The standard InChI is InChI=1S/C21H27ClN4O4/c1-15-16(12-25(2)24-15)3-8-20(28)26-9-10-30-21(13-26,11-19(23)27)14-29-18-6-4-17(22)5-7-18/h4-7,12H,3,8-11,13-14H2,1-2H3,(H2,23,27). The monoisotopic (exact) mass is 434 g/mol. The van der Waals surface area contributed by atoms with Crippen molar-refractivity contribution in [1.82, 2.24) is 14.7 Å². The van der Waals surface area contributed by atoms with Crippen LogP contribution in [-0.4, -0.2) is 58.4 Å². The van der Waals surface area contributed by atoms with Crippen molar-refractivity contribution >= 4 is 23.4 Å². The lowest BCUT2D eigenvalue weighted by atomic mass is 9.97. The smallest absolute Gasteiger partial charge is 0.223 e. The van der Waals surface area contributed by atoms with Crippen LogP contribution < -0.4 is 10.5 Å². The SMILES string of the molecule is Cc1nn(C)cc1CCC(=O)N1CCOC(COc2ccc(Cl)cc2)(CC(N)=O)C1. The second-order valence-corrected chi connectivity index (χ2v) is 8.08. The Morgan fingerprint density at radius 3 is 2.70 bits per heavy atom. The fourth-order valence-corrected chi connectivity index (χ4v) is 3.79. The van der Waals surface area contributed by atoms with E-state index in [9.17, 15) is 9.59 Å². The van der Waals surface area contributed by atoms with Gasteiger partial charge in [-0.1, -0.05) is 11.6 Å². The minimum Gasteiger partial charge on any atom is -0.490 e. The third kappa shape index (κ3) is 5.73. The number of amides is 2. The van der Waals surface area contributed by atoms with Gasteiger partial charge in [-0.3, -0.25) is 14.3 Å². The summed E-state index contributed by atoms with van der Waals surface area (Å²) in [4.78, 5) is 26.3. The summed E-state index contributed by atoms with van der Waals surface area (Å²) in [5, 5.41) is 4.91. The number of ether oxygens (including phenoxy) is 2. The second-order valence-electron chi connectivity index (χ2n) is 7.65. The van der Waals surface area contributed by atoms with Crippen molar-refractivity contribution in [2.24, 2.45) is 12.8 Å². The molecule has 0 saturated carbocycles. The van der Waals surface area contributed by atoms with E-state index in [1.165, 1.54) is 0 Å². The molecular formula is C21H27ClN4O4. The van der Waals surface area contributed by atoms with E-state index in [2.05, 4.69) is 5.10 Å². The molecule has 2 amide bonds. The topological polar surface area (TPSA) is 99.7 Å². The Morgan fingerprint density at radius 1 is 1.33 bits per heavy atom. The van der Waals surface area contributed by atoms with Crippen LogP contribution in [0.5, 0.6) is 5.75 Å². The summed E-state index contributed by atoms with van der Waals surface area (Å²) in [5.74, 6) is 0.0965. The third-order valence-electron chi connectivity index (χ3n) is 5.14. The first kappa shape index (κ1) is 22.1. The van der Waals surface area contributed by atoms with Gasteiger partial charge >= 0.3 is 0 Å². The molecule has 162 valence electrons. The predicted molar refractivity (Wildman–Crippen MR) is 112 cm³/mol. The third-order valence-corrected chi connectivity index (χ3v) is 5.39. The maximum atomic E-state index is 12.8. The molecule has 9 heteroatoms. The number of primary amides is 1. The normalized spacial score (nSPS) is 19.0. The number of rotatable bonds is 8. The molecule has 3 rings (SSSR count). The first-order chi connectivity index (χ1) is 14.3. The zero-order valence-corrected chi connectivity index (χ0v) is 18.0. The van der Waals surface area contributed by atoms with Crippen LogP contribution in [-0.2, 0) is 27.8 Å². The number of aryl methyl sites for hydroxylation is 3. The van der Waals surface area contributed by atoms with E-state index in [-0.39, 0.29) is 25.5 Å². The van der Waals surface area contributed by atoms with Crippen molar-refractivity contribution in [3.63, 3.8) is 0 Å². The molecule has 1 aromatic carbocycles. The van der Waals surface area contributed by atoms with Crippen LogP contribution in [0.3, 0.4) is 0 Å². The Bertz CT molecular complexity index is 899. The highest BCUT2D eigenvalue weighted by atomic mass is 35.5. The molecule has 2 heterocycles. The maximum Gasteiger partial charge on any atom is 0.223 e. The lowest BCUT2D eigenvalue weighted by Gasteiger charge is -2.42. The van der Waals surface area contributed by atoms with Gasteiger partial charge in [0.15, 0.2) is 0 Å². The van der Waals surface area contributed by atoms with Crippen LogP contribution in [0.1, 0.15) is 24.1 Å². The minimum absolute atomic E-state index is 0.00175. The van der Waals surface area contributed by atoms with Gasteiger partial charge in [-0.05, 0) is 43.2 Å². The molecule has 0 bridgehead atoms. The summed E-state index contributed by atoms with van der Waals surface area (Å²) >= 11 is 5.90. The zero-order chi connectivity index (χ0) is 21.7. The number of hydrogen-bond donors (Lipinski definition) is 1. The van der Waals surface area contributed by atoms with E-state index in [0.29, 0.717) is 36.8 Å². The molecule has 0 radical (unpaired) electrons. The van der Waals surface area contributed by atoms with Gasteiger partial charge < -0.3 is 20.1 Å². The fourth-order valence-electron chi connectivity index (χ4n) is 3.66. The van der Waals surface area contributed by atoms with E-state index in [1.807, 2.05) is 20.2 Å². The van der Waals surface area contributed by atoms with E-state index in [4.69, 9.17) is 26.8 Å². The van der Waals surface area contributed by atoms with Crippen LogP contribution in [0, 0.1) is 6.92 Å². The van der Waals surface area contributed by atoms with Gasteiger partial charge in [0.05, 0.1) is 25.3 Å². The molecule has 0 spiro atoms. The number of carbonyl (C=O) groups excluding carboxylic acids is 2. The number of halogens is 1. The Hall–Kier alpha value is -2.58. The molecule has 1 aromatic heterocycles. The summed E-state index contributed by atoms with van der Waals surface area (Å²) in [6.07, 6.45) is 2.86. The molecule has 8 nitrogen and oxygen atoms in total. The first-order valence-electron chi connectivity index (χ1n) is 9.84. The van der Waals surface area contributed by atoms with E-state index in [0.717, 1.165) is 11.3 Å². The summed E-state index contributed by atoms with van der Waals surface area (Å²) in [6.45, 7) is 3.05. The number of aromatic nitrogens is 2. The molecule has 1 atom stereocenters. The molecule has 1 unspecified atom stereocenters. The van der Waals surface area contributed by atoms with Crippen molar-refractivity contribution in [3.05, 3.63) is 46.7 Å². The molecule has 1 fully saturated rings. The van der Waals surface area contributed by atoms with Crippen molar-refractivity contribution in [1.29, 1.82) is 0 Å². The predicted octanol–water partition coefficient (Wildman–Crippen LogP) is 1.87. The lowest BCUT2D eigenvalue weighted by Crippen LogP contribution is -2.58. The van der Waals surface area contributed by atoms with Crippen molar-refractivity contribution in [3.8, 4) is 5.75 Å². The highest BCUT2D eigenvalue weighted by Gasteiger charge is 2.40. The quantitative estimate of drug-likeness (QED) is 0.683. The lowest BCUT2D eigenvalue weighted by molar-refractivity contribution is -0.161. The minimum atomic E-state index is -0.983. The van der Waals surface area contributed by atoms with Crippen molar-refractivity contribution in [2.75, 3.05) is 26.3 Å². The van der Waals surface area contributed by atoms with Crippen LogP contribution in [0.2, 0.25) is 5.02 Å². The van der Waals surface area contributed by atoms with Crippen LogP contribution in [0.15, 0.2) is 30.5 Å². The van der Waals surface area contributed by atoms with E-state index in [1.54, 1.807) is 33.8 Å². The average Bonchev–Trinajstić information content (AvgIpc) is 3.02. The first-order valence-corrected chi connectivity index (χ1v) is 10.2. The van der Waals surface area contributed by atoms with Crippen LogP contribution in [0.25, 0.3) is 0 Å². The summed E-state index contributed by atoms with van der Waals surface area (Å²) in [5.41, 5.74) is 6.46. The molecule has 1 saturated heterocycles. The van der Waals surface area contributed by atoms with Crippen LogP contribution in [0.4, 0.5) is 0 Å². The molecule has 2 aromatic rings. The zero-order valence-electron chi connectivity index (χ0n) is 17.3. The highest BCUT2D eigenvalue weighted by Crippen LogP contribution is 2.25. The molecule has 2 N–H and O–H groups in total. The van der Waals surface area contributed by atoms with Gasteiger partial charge in [0.2, 0.25) is 11.8 Å².